The van der Waals surface area contributed by atoms with Crippen LogP contribution in [0.15, 0.2) is 41.0 Å². The summed E-state index contributed by atoms with van der Waals surface area (Å²) in [5, 5.41) is 16.8. The van der Waals surface area contributed by atoms with Crippen molar-refractivity contribution in [1.82, 2.24) is 15.3 Å². The molecule has 0 bridgehead atoms. The second kappa shape index (κ2) is 6.08. The molecule has 0 aliphatic carbocycles. The Balaban J connectivity index is 1.84. The van der Waals surface area contributed by atoms with Crippen molar-refractivity contribution in [2.24, 2.45) is 4.99 Å². The van der Waals surface area contributed by atoms with E-state index in [1.54, 1.807) is 13.2 Å². The van der Waals surface area contributed by atoms with Gasteiger partial charge in [-0.1, -0.05) is 18.2 Å². The zero-order valence-electron chi connectivity index (χ0n) is 12.4. The maximum absolute atomic E-state index is 9.74. The van der Waals surface area contributed by atoms with E-state index in [1.807, 2.05) is 31.2 Å². The highest BCUT2D eigenvalue weighted by molar-refractivity contribution is 5.95. The zero-order valence-corrected chi connectivity index (χ0v) is 12.4. The van der Waals surface area contributed by atoms with E-state index in [0.717, 1.165) is 22.3 Å². The van der Waals surface area contributed by atoms with E-state index in [2.05, 4.69) is 25.6 Å². The van der Waals surface area contributed by atoms with Crippen molar-refractivity contribution in [1.29, 1.82) is 0 Å². The minimum Gasteiger partial charge on any atom is -0.378 e. The Morgan fingerprint density at radius 2 is 2.14 bits per heavy atom. The number of aliphatic hydroxyl groups excluding tert-OH is 1. The molecule has 2 heterocycles. The highest BCUT2D eigenvalue weighted by Crippen LogP contribution is 2.16. The predicted molar refractivity (Wildman–Crippen MR) is 84.4 cm³/mol. The molecule has 3 N–H and O–H groups in total. The first-order valence-electron chi connectivity index (χ1n) is 6.88. The Morgan fingerprint density at radius 1 is 1.32 bits per heavy atom. The summed E-state index contributed by atoms with van der Waals surface area (Å²) in [6.45, 7) is 2.28. The van der Waals surface area contributed by atoms with Crippen LogP contribution < -0.4 is 10.6 Å². The van der Waals surface area contributed by atoms with Gasteiger partial charge in [0.1, 0.15) is 0 Å². The first kappa shape index (κ1) is 14.4. The van der Waals surface area contributed by atoms with Crippen LogP contribution >= 0.6 is 0 Å². The highest BCUT2D eigenvalue weighted by atomic mass is 16.5. The van der Waals surface area contributed by atoms with Crippen LogP contribution in [0.2, 0.25) is 0 Å². The smallest absolute Gasteiger partial charge is 0.230 e. The molecule has 0 saturated carbocycles. The van der Waals surface area contributed by atoms with Gasteiger partial charge in [0.2, 0.25) is 11.9 Å². The largest absolute Gasteiger partial charge is 0.378 e. The molecule has 7 heteroatoms. The third-order valence-corrected chi connectivity index (χ3v) is 3.21. The van der Waals surface area contributed by atoms with Gasteiger partial charge in [-0.05, 0) is 19.1 Å². The fourth-order valence-corrected chi connectivity index (χ4v) is 2.28. The van der Waals surface area contributed by atoms with Crippen LogP contribution in [0.1, 0.15) is 5.69 Å². The number of fused-ring (bicyclic) bond motifs is 1. The van der Waals surface area contributed by atoms with E-state index < -0.39 is 6.23 Å². The summed E-state index contributed by atoms with van der Waals surface area (Å²) in [7, 11) is 1.59. The lowest BCUT2D eigenvalue weighted by atomic mass is 10.2. The highest BCUT2D eigenvalue weighted by Gasteiger charge is 2.14. The van der Waals surface area contributed by atoms with Gasteiger partial charge in [-0.25, -0.2) is 15.0 Å². The number of rotatable bonds is 3. The number of hydrogen-bond acceptors (Lipinski definition) is 7. The van der Waals surface area contributed by atoms with Crippen molar-refractivity contribution < 1.29 is 9.84 Å². The Hall–Kier alpha value is -2.51. The van der Waals surface area contributed by atoms with Crippen LogP contribution in [0.5, 0.6) is 0 Å². The molecule has 22 heavy (non-hydrogen) atoms. The van der Waals surface area contributed by atoms with Gasteiger partial charge in [0.05, 0.1) is 17.8 Å². The lowest BCUT2D eigenvalue weighted by Crippen LogP contribution is -2.37. The van der Waals surface area contributed by atoms with E-state index in [-0.39, 0.29) is 0 Å². The van der Waals surface area contributed by atoms with Gasteiger partial charge in [0.25, 0.3) is 0 Å². The molecule has 1 aliphatic rings. The van der Waals surface area contributed by atoms with Crippen molar-refractivity contribution in [3.8, 4) is 0 Å². The minimum absolute atomic E-state index is 0.357. The van der Waals surface area contributed by atoms with Crippen LogP contribution in [0.25, 0.3) is 10.9 Å². The number of nitrogens with zero attached hydrogens (tertiary/aromatic N) is 3. The molecule has 0 amide bonds. The van der Waals surface area contributed by atoms with E-state index in [0.29, 0.717) is 18.5 Å². The SMILES string of the molecule is COCC1=CC(O)N=C(Nc2nc(C)c3ccccc3n2)N1. The number of benzene rings is 1. The molecule has 0 spiro atoms. The molecule has 0 fully saturated rings. The summed E-state index contributed by atoms with van der Waals surface area (Å²) < 4.78 is 5.05. The maximum atomic E-state index is 9.74. The zero-order chi connectivity index (χ0) is 15.5. The van der Waals surface area contributed by atoms with Gasteiger partial charge in [0, 0.05) is 18.2 Å². The molecule has 114 valence electrons. The Kier molecular flexibility index (Phi) is 3.99. The molecular weight excluding hydrogens is 282 g/mol. The number of ether oxygens (including phenoxy) is 1. The number of aliphatic imine (C=N–C) groups is 1. The molecule has 1 aromatic heterocycles. The monoisotopic (exact) mass is 299 g/mol. The molecule has 0 saturated heterocycles. The number of nitrogens with one attached hydrogen (secondary N) is 2. The quantitative estimate of drug-likeness (QED) is 0.787. The summed E-state index contributed by atoms with van der Waals surface area (Å²) in [5.41, 5.74) is 2.45. The Bertz CT molecular complexity index is 757. The molecular formula is C15H17N5O2. The summed E-state index contributed by atoms with van der Waals surface area (Å²) in [4.78, 5) is 12.9. The lowest BCUT2D eigenvalue weighted by Gasteiger charge is -2.19. The van der Waals surface area contributed by atoms with Crippen LogP contribution in [0, 0.1) is 6.92 Å². The van der Waals surface area contributed by atoms with Crippen molar-refractivity contribution in [2.75, 3.05) is 19.0 Å². The van der Waals surface area contributed by atoms with E-state index >= 15 is 0 Å². The fourth-order valence-electron chi connectivity index (χ4n) is 2.28. The number of guanidine groups is 1. The van der Waals surface area contributed by atoms with E-state index in [4.69, 9.17) is 4.74 Å². The van der Waals surface area contributed by atoms with Crippen LogP contribution in [-0.2, 0) is 4.74 Å². The van der Waals surface area contributed by atoms with Crippen molar-refractivity contribution in [3.05, 3.63) is 41.7 Å². The fraction of sp³-hybridized carbons (Fsp3) is 0.267. The third kappa shape index (κ3) is 3.05. The molecule has 1 aromatic carbocycles. The number of aromatic nitrogens is 2. The molecule has 0 radical (unpaired) electrons. The first-order valence-corrected chi connectivity index (χ1v) is 6.88. The van der Waals surface area contributed by atoms with Gasteiger partial charge >= 0.3 is 0 Å². The average Bonchev–Trinajstić information content (AvgIpc) is 2.47. The normalized spacial score (nSPS) is 17.7. The first-order chi connectivity index (χ1) is 10.7. The van der Waals surface area contributed by atoms with Crippen LogP contribution in [0.4, 0.5) is 5.95 Å². The summed E-state index contributed by atoms with van der Waals surface area (Å²) >= 11 is 0. The molecule has 1 unspecified atom stereocenters. The predicted octanol–water partition coefficient (Wildman–Crippen LogP) is 1.16. The third-order valence-electron chi connectivity index (χ3n) is 3.21. The minimum atomic E-state index is -0.921. The number of methoxy groups -OCH3 is 1. The maximum Gasteiger partial charge on any atom is 0.230 e. The summed E-state index contributed by atoms with van der Waals surface area (Å²) in [6, 6.07) is 7.79. The van der Waals surface area contributed by atoms with Crippen molar-refractivity contribution >= 4 is 22.8 Å². The Morgan fingerprint density at radius 3 is 2.95 bits per heavy atom. The number of para-hydroxylation sites is 1. The summed E-state index contributed by atoms with van der Waals surface area (Å²) in [5.74, 6) is 0.810. The number of aryl methyl sites for hydroxylation is 1. The van der Waals surface area contributed by atoms with Gasteiger partial charge in [-0.3, -0.25) is 5.32 Å². The second-order valence-electron chi connectivity index (χ2n) is 4.92. The van der Waals surface area contributed by atoms with Crippen LogP contribution in [-0.4, -0.2) is 41.0 Å². The molecule has 3 rings (SSSR count). The van der Waals surface area contributed by atoms with Crippen LogP contribution in [0.3, 0.4) is 0 Å². The number of hydrogen-bond donors (Lipinski definition) is 3. The lowest BCUT2D eigenvalue weighted by molar-refractivity contribution is 0.207. The van der Waals surface area contributed by atoms with E-state index in [1.165, 1.54) is 0 Å². The van der Waals surface area contributed by atoms with Gasteiger partial charge in [-0.2, -0.15) is 0 Å². The molecule has 7 nitrogen and oxygen atoms in total. The molecule has 1 atom stereocenters. The van der Waals surface area contributed by atoms with E-state index in [9.17, 15) is 5.11 Å². The average molecular weight is 299 g/mol. The van der Waals surface area contributed by atoms with Crippen molar-refractivity contribution in [3.63, 3.8) is 0 Å². The molecule has 1 aliphatic heterocycles. The second-order valence-corrected chi connectivity index (χ2v) is 4.92. The molecule has 2 aromatic rings. The number of aliphatic hydroxyl groups is 1. The van der Waals surface area contributed by atoms with Crippen molar-refractivity contribution in [2.45, 2.75) is 13.2 Å². The van der Waals surface area contributed by atoms with Gasteiger partial charge in [0.15, 0.2) is 6.23 Å². The van der Waals surface area contributed by atoms with Gasteiger partial charge < -0.3 is 15.2 Å². The topological polar surface area (TPSA) is 91.7 Å². The summed E-state index contributed by atoms with van der Waals surface area (Å²) in [6.07, 6.45) is 0.664. The number of anilines is 1. The Labute approximate surface area is 127 Å². The standard InChI is InChI=1S/C15H17N5O2/c1-9-11-5-3-4-6-12(11)18-14(16-9)20-15-17-10(8-22-2)7-13(21)19-15/h3-7,13,21H,8H2,1-2H3,(H2,16,17,18,19,20). The van der Waals surface area contributed by atoms with Gasteiger partial charge in [-0.15, -0.1) is 0 Å².